The van der Waals surface area contributed by atoms with Crippen LogP contribution in [0.1, 0.15) is 35.5 Å². The van der Waals surface area contributed by atoms with E-state index in [9.17, 15) is 17.6 Å². The Kier molecular flexibility index (Phi) is 7.99. The predicted octanol–water partition coefficient (Wildman–Crippen LogP) is 3.69. The van der Waals surface area contributed by atoms with Crippen molar-refractivity contribution < 1.29 is 22.3 Å². The minimum Gasteiger partial charge on any atom is -0.383 e. The maximum atomic E-state index is 13.2. The minimum atomic E-state index is -3.82. The first kappa shape index (κ1) is 24.6. The van der Waals surface area contributed by atoms with Gasteiger partial charge in [0.05, 0.1) is 30.8 Å². The van der Waals surface area contributed by atoms with Crippen molar-refractivity contribution in [2.24, 2.45) is 0 Å². The summed E-state index contributed by atoms with van der Waals surface area (Å²) in [7, 11) is -2.29. The molecule has 0 fully saturated rings. The van der Waals surface area contributed by atoms with Gasteiger partial charge in [-0.3, -0.25) is 4.79 Å². The van der Waals surface area contributed by atoms with Gasteiger partial charge >= 0.3 is 0 Å². The number of halogens is 1. The van der Waals surface area contributed by atoms with Crippen LogP contribution in [0.15, 0.2) is 66.0 Å². The Morgan fingerprint density at radius 2 is 1.79 bits per heavy atom. The third-order valence-electron chi connectivity index (χ3n) is 5.21. The number of ether oxygens (including phenoxy) is 1. The summed E-state index contributed by atoms with van der Waals surface area (Å²) in [6, 6.07) is 14.1. The number of carbonyl (C=O) groups is 1. The lowest BCUT2D eigenvalue weighted by Gasteiger charge is -2.27. The normalized spacial score (nSPS) is 11.7. The molecule has 0 spiro atoms. The fourth-order valence-electron chi connectivity index (χ4n) is 3.46. The first-order valence-electron chi connectivity index (χ1n) is 10.6. The van der Waals surface area contributed by atoms with E-state index in [0.717, 1.165) is 0 Å². The van der Waals surface area contributed by atoms with E-state index in [-0.39, 0.29) is 42.6 Å². The molecule has 3 aromatic rings. The zero-order valence-electron chi connectivity index (χ0n) is 18.9. The number of nitrogens with zero attached hydrogens (tertiary/aromatic N) is 3. The van der Waals surface area contributed by atoms with Crippen molar-refractivity contribution in [2.75, 3.05) is 13.7 Å². The van der Waals surface area contributed by atoms with E-state index in [0.29, 0.717) is 16.8 Å². The number of imidazole rings is 1. The molecular weight excluding hydrogens is 445 g/mol. The molecule has 0 atom stereocenters. The monoisotopic (exact) mass is 473 g/mol. The van der Waals surface area contributed by atoms with Crippen LogP contribution in [0.3, 0.4) is 0 Å². The summed E-state index contributed by atoms with van der Waals surface area (Å²) in [4.78, 5) is 19.0. The molecule has 0 saturated heterocycles. The SMILES string of the molecule is COCCn1c(CN(C(=O)c2ccccc2)C(C)C)cnc1S(=O)(=O)Cc1ccc(F)cc1. The third-order valence-corrected chi connectivity index (χ3v) is 6.80. The topological polar surface area (TPSA) is 81.5 Å². The second-order valence-electron chi connectivity index (χ2n) is 7.95. The van der Waals surface area contributed by atoms with Crippen molar-refractivity contribution >= 4 is 15.7 Å². The highest BCUT2D eigenvalue weighted by Gasteiger charge is 2.26. The van der Waals surface area contributed by atoms with Crippen molar-refractivity contribution in [3.05, 3.63) is 83.4 Å². The molecule has 0 unspecified atom stereocenters. The van der Waals surface area contributed by atoms with Crippen molar-refractivity contribution in [3.63, 3.8) is 0 Å². The molecule has 1 aromatic heterocycles. The molecule has 3 rings (SSSR count). The van der Waals surface area contributed by atoms with Crippen LogP contribution in [0.5, 0.6) is 0 Å². The number of aromatic nitrogens is 2. The van der Waals surface area contributed by atoms with Crippen molar-refractivity contribution in [2.45, 2.75) is 43.9 Å². The van der Waals surface area contributed by atoms with Crippen LogP contribution in [0.25, 0.3) is 0 Å². The van der Waals surface area contributed by atoms with Gasteiger partial charge in [0.15, 0.2) is 0 Å². The van der Waals surface area contributed by atoms with Gasteiger partial charge in [-0.2, -0.15) is 0 Å². The fraction of sp³-hybridized carbons (Fsp3) is 0.333. The molecule has 0 aliphatic carbocycles. The van der Waals surface area contributed by atoms with E-state index in [1.165, 1.54) is 37.6 Å². The van der Waals surface area contributed by atoms with Gasteiger partial charge < -0.3 is 14.2 Å². The zero-order chi connectivity index (χ0) is 24.0. The largest absolute Gasteiger partial charge is 0.383 e. The van der Waals surface area contributed by atoms with Crippen LogP contribution >= 0.6 is 0 Å². The first-order chi connectivity index (χ1) is 15.7. The average molecular weight is 474 g/mol. The summed E-state index contributed by atoms with van der Waals surface area (Å²) in [5.41, 5.74) is 1.60. The molecule has 0 saturated carbocycles. The highest BCUT2D eigenvalue weighted by molar-refractivity contribution is 7.90. The number of benzene rings is 2. The number of carbonyl (C=O) groups excluding carboxylic acids is 1. The third kappa shape index (κ3) is 6.06. The van der Waals surface area contributed by atoms with Crippen LogP contribution in [0, 0.1) is 5.82 Å². The number of rotatable bonds is 10. The second-order valence-corrected chi connectivity index (χ2v) is 9.84. The standard InChI is InChI=1S/C24H28FN3O4S/c1-18(2)28(23(29)20-7-5-4-6-8-20)16-22-15-26-24(27(22)13-14-32-3)33(30,31)17-19-9-11-21(25)12-10-19/h4-12,15,18H,13-14,16-17H2,1-3H3. The number of hydrogen-bond donors (Lipinski definition) is 0. The lowest BCUT2D eigenvalue weighted by Crippen LogP contribution is -2.37. The van der Waals surface area contributed by atoms with Gasteiger partial charge in [-0.15, -0.1) is 0 Å². The van der Waals surface area contributed by atoms with Crippen LogP contribution in [0.2, 0.25) is 0 Å². The second kappa shape index (κ2) is 10.7. The molecule has 0 N–H and O–H groups in total. The molecule has 7 nitrogen and oxygen atoms in total. The number of sulfone groups is 1. The van der Waals surface area contributed by atoms with Gasteiger partial charge in [0.25, 0.3) is 5.91 Å². The molecular formula is C24H28FN3O4S. The van der Waals surface area contributed by atoms with Gasteiger partial charge in [-0.05, 0) is 43.7 Å². The van der Waals surface area contributed by atoms with Gasteiger partial charge in [0.1, 0.15) is 5.82 Å². The molecule has 0 radical (unpaired) electrons. The molecule has 9 heteroatoms. The van der Waals surface area contributed by atoms with Gasteiger partial charge in [-0.1, -0.05) is 30.3 Å². The molecule has 0 aliphatic heterocycles. The lowest BCUT2D eigenvalue weighted by atomic mass is 10.1. The van der Waals surface area contributed by atoms with E-state index in [4.69, 9.17) is 4.74 Å². The van der Waals surface area contributed by atoms with Crippen LogP contribution in [-0.2, 0) is 33.4 Å². The van der Waals surface area contributed by atoms with E-state index in [2.05, 4.69) is 4.98 Å². The summed E-state index contributed by atoms with van der Waals surface area (Å²) < 4.78 is 46.3. The Hall–Kier alpha value is -3.04. The quantitative estimate of drug-likeness (QED) is 0.449. The summed E-state index contributed by atoms with van der Waals surface area (Å²) in [6.45, 7) is 4.53. The van der Waals surface area contributed by atoms with Crippen molar-refractivity contribution in [3.8, 4) is 0 Å². The van der Waals surface area contributed by atoms with Crippen molar-refractivity contribution in [1.29, 1.82) is 0 Å². The highest BCUT2D eigenvalue weighted by atomic mass is 32.2. The predicted molar refractivity (Wildman–Crippen MR) is 123 cm³/mol. The summed E-state index contributed by atoms with van der Waals surface area (Å²) in [5, 5.41) is -0.102. The number of methoxy groups -OCH3 is 1. The van der Waals surface area contributed by atoms with Crippen LogP contribution < -0.4 is 0 Å². The molecule has 1 amide bonds. The minimum absolute atomic E-state index is 0.102. The van der Waals surface area contributed by atoms with E-state index in [1.54, 1.807) is 33.7 Å². The van der Waals surface area contributed by atoms with Crippen LogP contribution in [0.4, 0.5) is 4.39 Å². The lowest BCUT2D eigenvalue weighted by molar-refractivity contribution is 0.0684. The van der Waals surface area contributed by atoms with Crippen LogP contribution in [-0.4, -0.2) is 48.5 Å². The van der Waals surface area contributed by atoms with Gasteiger partial charge in [-0.25, -0.2) is 17.8 Å². The molecule has 0 aliphatic rings. The fourth-order valence-corrected chi connectivity index (χ4v) is 4.98. The average Bonchev–Trinajstić information content (AvgIpc) is 3.21. The summed E-state index contributed by atoms with van der Waals surface area (Å²) >= 11 is 0. The summed E-state index contributed by atoms with van der Waals surface area (Å²) in [5.74, 6) is -0.897. The Morgan fingerprint density at radius 1 is 1.12 bits per heavy atom. The Morgan fingerprint density at radius 3 is 2.39 bits per heavy atom. The Labute approximate surface area is 193 Å². The van der Waals surface area contributed by atoms with Gasteiger partial charge in [0.2, 0.25) is 15.0 Å². The maximum absolute atomic E-state index is 13.2. The molecule has 0 bridgehead atoms. The zero-order valence-corrected chi connectivity index (χ0v) is 19.8. The van der Waals surface area contributed by atoms with E-state index < -0.39 is 15.7 Å². The number of amides is 1. The van der Waals surface area contributed by atoms with E-state index in [1.807, 2.05) is 19.9 Å². The molecule has 33 heavy (non-hydrogen) atoms. The number of hydrogen-bond acceptors (Lipinski definition) is 5. The molecule has 176 valence electrons. The molecule has 2 aromatic carbocycles. The first-order valence-corrected chi connectivity index (χ1v) is 12.2. The maximum Gasteiger partial charge on any atom is 0.254 e. The van der Waals surface area contributed by atoms with Crippen molar-refractivity contribution in [1.82, 2.24) is 14.5 Å². The van der Waals surface area contributed by atoms with Gasteiger partial charge in [0, 0.05) is 25.3 Å². The smallest absolute Gasteiger partial charge is 0.254 e. The Bertz CT molecular complexity index is 1180. The Balaban J connectivity index is 1.93. The highest BCUT2D eigenvalue weighted by Crippen LogP contribution is 2.21. The molecule has 1 heterocycles. The summed E-state index contributed by atoms with van der Waals surface area (Å²) in [6.07, 6.45) is 1.49. The van der Waals surface area contributed by atoms with E-state index >= 15 is 0 Å².